The molecule has 0 spiro atoms. The number of carbonyl (C=O) groups excluding carboxylic acids is 2. The van der Waals surface area contributed by atoms with E-state index in [1.54, 1.807) is 0 Å². The highest BCUT2D eigenvalue weighted by Crippen LogP contribution is 2.27. The largest absolute Gasteiger partial charge is 0.455 e. The highest BCUT2D eigenvalue weighted by atomic mass is 16.5. The molecule has 1 amide bonds. The van der Waals surface area contributed by atoms with Gasteiger partial charge in [0, 0.05) is 0 Å². The van der Waals surface area contributed by atoms with E-state index in [1.165, 1.54) is 0 Å². The van der Waals surface area contributed by atoms with Crippen molar-refractivity contribution in [2.45, 2.75) is 32.2 Å². The molecule has 2 aromatic carbocycles. The van der Waals surface area contributed by atoms with Crippen LogP contribution in [0.4, 0.5) is 0 Å². The third-order valence-electron chi connectivity index (χ3n) is 4.45. The number of fused-ring (bicyclic) bond motifs is 1. The molecule has 0 aliphatic heterocycles. The molecule has 120 valence electrons. The lowest BCUT2D eigenvalue weighted by atomic mass is 9.86. The number of benzene rings is 2. The number of amides is 1. The van der Waals surface area contributed by atoms with E-state index < -0.39 is 0 Å². The molecule has 1 atom stereocenters. The molecule has 0 unspecified atom stereocenters. The summed E-state index contributed by atoms with van der Waals surface area (Å²) in [7, 11) is 0. The van der Waals surface area contributed by atoms with Crippen LogP contribution in [0.5, 0.6) is 0 Å². The number of hydrogen-bond donors (Lipinski definition) is 1. The molecule has 3 rings (SSSR count). The van der Waals surface area contributed by atoms with Crippen molar-refractivity contribution in [3.63, 3.8) is 0 Å². The Morgan fingerprint density at radius 3 is 2.65 bits per heavy atom. The maximum Gasteiger partial charge on any atom is 0.309 e. The average Bonchev–Trinajstić information content (AvgIpc) is 2.50. The summed E-state index contributed by atoms with van der Waals surface area (Å²) < 4.78 is 5.08. The van der Waals surface area contributed by atoms with Crippen molar-refractivity contribution in [2.75, 3.05) is 6.61 Å². The van der Waals surface area contributed by atoms with E-state index in [9.17, 15) is 9.59 Å². The van der Waals surface area contributed by atoms with Crippen LogP contribution in [-0.2, 0) is 14.3 Å². The molecule has 4 nitrogen and oxygen atoms in total. The summed E-state index contributed by atoms with van der Waals surface area (Å²) in [5.74, 6) is -0.513. The van der Waals surface area contributed by atoms with Crippen LogP contribution < -0.4 is 5.32 Å². The lowest BCUT2D eigenvalue weighted by Crippen LogP contribution is -2.33. The van der Waals surface area contributed by atoms with Crippen LogP contribution in [0.1, 0.15) is 37.8 Å². The van der Waals surface area contributed by atoms with Gasteiger partial charge in [0.15, 0.2) is 6.61 Å². The summed E-state index contributed by atoms with van der Waals surface area (Å²) in [5.41, 5.74) is 1.06. The Bertz CT molecular complexity index is 716. The number of ether oxygens (including phenoxy) is 1. The molecule has 1 N–H and O–H groups in total. The summed E-state index contributed by atoms with van der Waals surface area (Å²) in [4.78, 5) is 23.7. The van der Waals surface area contributed by atoms with E-state index in [0.29, 0.717) is 0 Å². The van der Waals surface area contributed by atoms with E-state index in [1.807, 2.05) is 49.4 Å². The third kappa shape index (κ3) is 3.52. The summed E-state index contributed by atoms with van der Waals surface area (Å²) in [6, 6.07) is 14.0. The molecule has 1 fully saturated rings. The summed E-state index contributed by atoms with van der Waals surface area (Å²) in [6.07, 6.45) is 2.84. The van der Waals surface area contributed by atoms with Crippen molar-refractivity contribution in [1.29, 1.82) is 0 Å². The van der Waals surface area contributed by atoms with E-state index in [2.05, 4.69) is 5.32 Å². The second-order valence-corrected chi connectivity index (χ2v) is 6.09. The molecular weight excluding hydrogens is 290 g/mol. The fourth-order valence-corrected chi connectivity index (χ4v) is 2.89. The Balaban J connectivity index is 1.60. The zero-order chi connectivity index (χ0) is 16.2. The first-order chi connectivity index (χ1) is 11.1. The van der Waals surface area contributed by atoms with E-state index in [4.69, 9.17) is 4.74 Å². The molecule has 0 radical (unpaired) electrons. The molecule has 2 aromatic rings. The Morgan fingerprint density at radius 2 is 1.91 bits per heavy atom. The van der Waals surface area contributed by atoms with Crippen LogP contribution >= 0.6 is 0 Å². The number of esters is 1. The van der Waals surface area contributed by atoms with Crippen LogP contribution in [0, 0.1) is 5.92 Å². The van der Waals surface area contributed by atoms with E-state index >= 15 is 0 Å². The van der Waals surface area contributed by atoms with Crippen molar-refractivity contribution in [1.82, 2.24) is 5.32 Å². The minimum absolute atomic E-state index is 0.00158. The monoisotopic (exact) mass is 311 g/mol. The van der Waals surface area contributed by atoms with Gasteiger partial charge in [0.05, 0.1) is 12.0 Å². The van der Waals surface area contributed by atoms with Gasteiger partial charge in [-0.25, -0.2) is 0 Å². The minimum atomic E-state index is -0.266. The van der Waals surface area contributed by atoms with Crippen molar-refractivity contribution in [3.8, 4) is 0 Å². The van der Waals surface area contributed by atoms with Crippen molar-refractivity contribution in [2.24, 2.45) is 5.92 Å². The van der Waals surface area contributed by atoms with Crippen molar-refractivity contribution < 1.29 is 14.3 Å². The van der Waals surface area contributed by atoms with Crippen molar-refractivity contribution in [3.05, 3.63) is 48.0 Å². The summed E-state index contributed by atoms with van der Waals surface area (Å²) >= 11 is 0. The van der Waals surface area contributed by atoms with Gasteiger partial charge in [0.1, 0.15) is 0 Å². The lowest BCUT2D eigenvalue weighted by Gasteiger charge is -2.23. The Morgan fingerprint density at radius 1 is 1.17 bits per heavy atom. The molecule has 1 saturated carbocycles. The number of rotatable bonds is 5. The summed E-state index contributed by atoms with van der Waals surface area (Å²) in [6.45, 7) is 1.73. The molecule has 0 heterocycles. The smallest absolute Gasteiger partial charge is 0.309 e. The van der Waals surface area contributed by atoms with Crippen molar-refractivity contribution >= 4 is 22.6 Å². The predicted molar refractivity (Wildman–Crippen MR) is 88.8 cm³/mol. The minimum Gasteiger partial charge on any atom is -0.455 e. The fraction of sp³-hybridized carbons (Fsp3) is 0.368. The molecule has 0 aromatic heterocycles. The topological polar surface area (TPSA) is 55.4 Å². The number of nitrogens with one attached hydrogen (secondary N) is 1. The van der Waals surface area contributed by atoms with Gasteiger partial charge < -0.3 is 10.1 Å². The fourth-order valence-electron chi connectivity index (χ4n) is 2.89. The standard InChI is InChI=1S/C19H21NO3/c1-13(16-11-5-7-14-6-2-3-10-17(14)16)20-18(21)12-23-19(22)15-8-4-9-15/h2-3,5-7,10-11,13,15H,4,8-9,12H2,1H3,(H,20,21)/t13-/m1/s1. The molecule has 23 heavy (non-hydrogen) atoms. The van der Waals surface area contributed by atoms with Gasteiger partial charge >= 0.3 is 5.97 Å². The van der Waals surface area contributed by atoms with Gasteiger partial charge in [0.25, 0.3) is 5.91 Å². The molecule has 1 aliphatic rings. The van der Waals surface area contributed by atoms with Gasteiger partial charge in [0.2, 0.25) is 0 Å². The zero-order valence-corrected chi connectivity index (χ0v) is 13.2. The first-order valence-corrected chi connectivity index (χ1v) is 8.09. The maximum atomic E-state index is 12.0. The van der Waals surface area contributed by atoms with Gasteiger partial charge in [-0.2, -0.15) is 0 Å². The number of carbonyl (C=O) groups is 2. The Labute approximate surface area is 135 Å². The second kappa shape index (κ2) is 6.82. The van der Waals surface area contributed by atoms with Gasteiger partial charge in [-0.1, -0.05) is 48.9 Å². The van der Waals surface area contributed by atoms with E-state index in [0.717, 1.165) is 35.6 Å². The molecule has 0 bridgehead atoms. The highest BCUT2D eigenvalue weighted by molar-refractivity contribution is 5.87. The van der Waals surface area contributed by atoms with Crippen LogP contribution in [0.2, 0.25) is 0 Å². The molecule has 4 heteroatoms. The zero-order valence-electron chi connectivity index (χ0n) is 13.2. The van der Waals surface area contributed by atoms with Gasteiger partial charge in [-0.15, -0.1) is 0 Å². The SMILES string of the molecule is C[C@@H](NC(=O)COC(=O)C1CCC1)c1cccc2ccccc12. The van der Waals surface area contributed by atoms with Gasteiger partial charge in [-0.3, -0.25) is 9.59 Å². The molecule has 0 saturated heterocycles. The van der Waals surface area contributed by atoms with Crippen LogP contribution in [-0.4, -0.2) is 18.5 Å². The summed E-state index contributed by atoms with van der Waals surface area (Å²) in [5, 5.41) is 5.16. The maximum absolute atomic E-state index is 12.0. The normalized spacial score (nSPS) is 15.7. The Kier molecular flexibility index (Phi) is 4.60. The highest BCUT2D eigenvalue weighted by Gasteiger charge is 2.27. The predicted octanol–water partition coefficient (Wildman–Crippen LogP) is 3.36. The van der Waals surface area contributed by atoms with Crippen LogP contribution in [0.25, 0.3) is 10.8 Å². The first kappa shape index (κ1) is 15.5. The lowest BCUT2D eigenvalue weighted by molar-refractivity contribution is -0.155. The first-order valence-electron chi connectivity index (χ1n) is 8.09. The second-order valence-electron chi connectivity index (χ2n) is 6.09. The average molecular weight is 311 g/mol. The number of hydrogen-bond acceptors (Lipinski definition) is 3. The van der Waals surface area contributed by atoms with Crippen LogP contribution in [0.15, 0.2) is 42.5 Å². The Hall–Kier alpha value is -2.36. The van der Waals surface area contributed by atoms with Gasteiger partial charge in [-0.05, 0) is 36.1 Å². The molecular formula is C19H21NO3. The van der Waals surface area contributed by atoms with Crippen LogP contribution in [0.3, 0.4) is 0 Å². The molecule has 1 aliphatic carbocycles. The quantitative estimate of drug-likeness (QED) is 0.861. The third-order valence-corrected chi connectivity index (χ3v) is 4.45. The van der Waals surface area contributed by atoms with E-state index in [-0.39, 0.29) is 30.4 Å².